The van der Waals surface area contributed by atoms with E-state index in [1.165, 1.54) is 0 Å². The molecule has 1 aliphatic carbocycles. The van der Waals surface area contributed by atoms with Crippen molar-refractivity contribution in [2.75, 3.05) is 4.90 Å². The molecule has 51 heavy (non-hydrogen) atoms. The van der Waals surface area contributed by atoms with Crippen molar-refractivity contribution in [2.45, 2.75) is 39.5 Å². The van der Waals surface area contributed by atoms with Crippen LogP contribution < -0.4 is 4.90 Å². The lowest BCUT2D eigenvalue weighted by Gasteiger charge is -2.29. The van der Waals surface area contributed by atoms with Crippen LogP contribution in [0.2, 0.25) is 0 Å². The number of nitrogens with zero attached hydrogens (tertiary/aromatic N) is 2. The number of para-hydroxylation sites is 2. The zero-order valence-corrected chi connectivity index (χ0v) is 28.7. The van der Waals surface area contributed by atoms with Crippen molar-refractivity contribution in [1.29, 1.82) is 0 Å². The molecule has 1 aliphatic rings. The van der Waals surface area contributed by atoms with Crippen LogP contribution in [0.4, 0.5) is 17.2 Å². The number of aryl methyl sites for hydroxylation is 2. The fourth-order valence-corrected chi connectivity index (χ4v) is 8.06. The number of hydrogen-bond donors (Lipinski definition) is 0. The smallest absolute Gasteiger partial charge is 0.145 e. The van der Waals surface area contributed by atoms with Gasteiger partial charge in [0.15, 0.2) is 0 Å². The van der Waals surface area contributed by atoms with Crippen LogP contribution in [0.25, 0.3) is 66.1 Å². The summed E-state index contributed by atoms with van der Waals surface area (Å²) in [5, 5.41) is 3.88. The van der Waals surface area contributed by atoms with Gasteiger partial charge in [-0.15, -0.1) is 0 Å². The molecule has 4 heteroatoms. The molecule has 246 valence electrons. The van der Waals surface area contributed by atoms with E-state index in [0.717, 1.165) is 89.5 Å². The molecule has 10 rings (SSSR count). The maximum Gasteiger partial charge on any atom is 0.145 e. The fourth-order valence-electron chi connectivity index (χ4n) is 8.06. The molecule has 0 unspecified atom stereocenters. The molecule has 0 saturated heterocycles. The van der Waals surface area contributed by atoms with E-state index < -0.39 is 23.5 Å². The van der Waals surface area contributed by atoms with Gasteiger partial charge in [0.2, 0.25) is 0 Å². The molecule has 0 saturated carbocycles. The second-order valence-corrected chi connectivity index (χ2v) is 13.9. The molecule has 0 bridgehead atoms. The zero-order chi connectivity index (χ0) is 38.8. The summed E-state index contributed by atoms with van der Waals surface area (Å²) < 4.78 is 57.3. The average molecular weight is 666 g/mol. The number of rotatable bonds is 5. The first kappa shape index (κ1) is 24.9. The Balaban J connectivity index is 1.36. The minimum Gasteiger partial charge on any atom is -0.455 e. The molecule has 0 amide bonds. The highest BCUT2D eigenvalue weighted by molar-refractivity contribution is 6.22. The maximum atomic E-state index is 9.05. The van der Waals surface area contributed by atoms with Gasteiger partial charge in [-0.25, -0.2) is 4.98 Å². The Morgan fingerprint density at radius 1 is 0.725 bits per heavy atom. The van der Waals surface area contributed by atoms with E-state index in [1.54, 1.807) is 6.20 Å². The number of benzene rings is 6. The van der Waals surface area contributed by atoms with Crippen LogP contribution in [0.15, 0.2) is 142 Å². The zero-order valence-electron chi connectivity index (χ0n) is 33.7. The van der Waals surface area contributed by atoms with Crippen molar-refractivity contribution in [3.63, 3.8) is 0 Å². The highest BCUT2D eigenvalue weighted by Crippen LogP contribution is 2.58. The number of anilines is 3. The molecule has 0 fully saturated rings. The van der Waals surface area contributed by atoms with Crippen LogP contribution in [0.3, 0.4) is 0 Å². The molecule has 6 aromatic carbocycles. The number of pyridine rings is 1. The Hall–Kier alpha value is -6.13. The molecule has 4 nitrogen and oxygen atoms in total. The third kappa shape index (κ3) is 4.29. The topological polar surface area (TPSA) is 42.4 Å². The monoisotopic (exact) mass is 665 g/mol. The summed E-state index contributed by atoms with van der Waals surface area (Å²) in [5.74, 6) is 0.429. The van der Waals surface area contributed by atoms with Crippen LogP contribution in [0, 0.1) is 6.92 Å². The summed E-state index contributed by atoms with van der Waals surface area (Å²) in [5.41, 5.74) is 10.8. The Morgan fingerprint density at radius 3 is 2.18 bits per heavy atom. The van der Waals surface area contributed by atoms with Gasteiger partial charge in [-0.1, -0.05) is 112 Å². The van der Waals surface area contributed by atoms with E-state index in [9.17, 15) is 0 Å². The summed E-state index contributed by atoms with van der Waals surface area (Å²) in [7, 11) is 0. The first-order valence-corrected chi connectivity index (χ1v) is 17.4. The van der Waals surface area contributed by atoms with E-state index >= 15 is 0 Å². The number of hydrogen-bond acceptors (Lipinski definition) is 4. The standard InChI is InChI=1S/C47H36N2O2/c1-5-29-19-21-31(22-20-29)49(46-35(25-28(2)27-48-46)30-13-7-6-8-14-30)38-26-37-43(45-41(38)34-16-10-12-18-40(34)51-45)42-36(47(37,3)4)24-23-33-32-15-9-11-17-39(32)50-44(33)42/h6-27H,5H2,1-4H3/i6D,7D,8D,13D,14D. The van der Waals surface area contributed by atoms with Gasteiger partial charge in [-0.2, -0.15) is 0 Å². The number of furan rings is 2. The second kappa shape index (κ2) is 10.9. The summed E-state index contributed by atoms with van der Waals surface area (Å²) in [6.07, 6.45) is 2.62. The van der Waals surface area contributed by atoms with Gasteiger partial charge in [0.05, 0.1) is 17.9 Å². The van der Waals surface area contributed by atoms with Crippen molar-refractivity contribution in [3.05, 3.63) is 156 Å². The van der Waals surface area contributed by atoms with E-state index in [1.807, 2.05) is 49.4 Å². The predicted octanol–water partition coefficient (Wildman–Crippen LogP) is 13.2. The van der Waals surface area contributed by atoms with Crippen molar-refractivity contribution >= 4 is 61.1 Å². The Labute approximate surface area is 303 Å². The third-order valence-corrected chi connectivity index (χ3v) is 10.6. The fraction of sp³-hybridized carbons (Fsp3) is 0.128. The van der Waals surface area contributed by atoms with Gasteiger partial charge in [0.1, 0.15) is 28.1 Å². The largest absolute Gasteiger partial charge is 0.455 e. The van der Waals surface area contributed by atoms with Crippen molar-refractivity contribution in [1.82, 2.24) is 4.98 Å². The molecule has 9 aromatic rings. The van der Waals surface area contributed by atoms with E-state index in [4.69, 9.17) is 20.7 Å². The van der Waals surface area contributed by atoms with Crippen molar-refractivity contribution in [2.24, 2.45) is 0 Å². The molecular formula is C47H36N2O2. The molecule has 3 aromatic heterocycles. The van der Waals surface area contributed by atoms with Crippen molar-refractivity contribution < 1.29 is 15.7 Å². The van der Waals surface area contributed by atoms with E-state index in [0.29, 0.717) is 17.0 Å². The van der Waals surface area contributed by atoms with E-state index in [2.05, 4.69) is 80.3 Å². The minimum atomic E-state index is -0.478. The Kier molecular flexibility index (Phi) is 5.34. The summed E-state index contributed by atoms with van der Waals surface area (Å²) in [4.78, 5) is 7.13. The Bertz CT molecular complexity index is 3100. The molecule has 3 heterocycles. The van der Waals surface area contributed by atoms with Crippen LogP contribution in [-0.4, -0.2) is 4.98 Å². The van der Waals surface area contributed by atoms with E-state index in [-0.39, 0.29) is 17.6 Å². The normalized spacial score (nSPS) is 14.7. The molecule has 0 spiro atoms. The highest BCUT2D eigenvalue weighted by Gasteiger charge is 2.42. The summed E-state index contributed by atoms with van der Waals surface area (Å²) >= 11 is 0. The molecule has 0 radical (unpaired) electrons. The quantitative estimate of drug-likeness (QED) is 0.183. The van der Waals surface area contributed by atoms with Gasteiger partial charge in [-0.3, -0.25) is 4.90 Å². The van der Waals surface area contributed by atoms with Gasteiger partial charge < -0.3 is 8.83 Å². The molecular weight excluding hydrogens is 625 g/mol. The van der Waals surface area contributed by atoms with Crippen LogP contribution in [-0.2, 0) is 11.8 Å². The summed E-state index contributed by atoms with van der Waals surface area (Å²) in [6, 6.07) is 31.1. The predicted molar refractivity (Wildman–Crippen MR) is 211 cm³/mol. The van der Waals surface area contributed by atoms with Gasteiger partial charge in [-0.05, 0) is 77.6 Å². The minimum absolute atomic E-state index is 0.0897. The number of aromatic nitrogens is 1. The van der Waals surface area contributed by atoms with Crippen LogP contribution in [0.1, 0.15) is 49.9 Å². The number of fused-ring (bicyclic) bond motifs is 11. The Morgan fingerprint density at radius 2 is 1.41 bits per heavy atom. The SMILES string of the molecule is [2H]c1c([2H])c([2H])c(-c2cc(C)cnc2N(c2ccc(CC)cc2)c2cc3c(c4oc5ccccc5c24)-c2c(ccc4c2oc2ccccc24)C3(C)C)c([2H])c1[2H]. The lowest BCUT2D eigenvalue weighted by atomic mass is 9.81. The van der Waals surface area contributed by atoms with Gasteiger partial charge in [0.25, 0.3) is 0 Å². The van der Waals surface area contributed by atoms with Gasteiger partial charge in [0, 0.05) is 50.1 Å². The molecule has 0 aliphatic heterocycles. The average Bonchev–Trinajstić information content (AvgIpc) is 3.85. The lowest BCUT2D eigenvalue weighted by molar-refractivity contribution is 0.650. The maximum absolute atomic E-state index is 9.05. The lowest BCUT2D eigenvalue weighted by Crippen LogP contribution is -2.18. The molecule has 0 atom stereocenters. The highest BCUT2D eigenvalue weighted by atomic mass is 16.3. The molecule has 0 N–H and O–H groups in total. The van der Waals surface area contributed by atoms with Crippen LogP contribution in [0.5, 0.6) is 0 Å². The van der Waals surface area contributed by atoms with Crippen LogP contribution >= 0.6 is 0 Å². The first-order valence-electron chi connectivity index (χ1n) is 19.9. The third-order valence-electron chi connectivity index (χ3n) is 10.6. The summed E-state index contributed by atoms with van der Waals surface area (Å²) in [6.45, 7) is 8.47. The second-order valence-electron chi connectivity index (χ2n) is 13.9. The van der Waals surface area contributed by atoms with Gasteiger partial charge >= 0.3 is 0 Å². The first-order chi connectivity index (χ1) is 27.0. The van der Waals surface area contributed by atoms with Crippen molar-refractivity contribution in [3.8, 4) is 22.3 Å².